The molecule has 1 aliphatic heterocycles. The Morgan fingerprint density at radius 1 is 1.16 bits per heavy atom. The standard InChI is InChI=1S/C16H19N3/c17-11-13-8-9-16(18-12-13)19-10-4-7-15(19)14-5-2-1-3-6-14/h1-3,5-6,8-9,12,15H,4,7,10-11,17H2. The average Bonchev–Trinajstić information content (AvgIpc) is 2.98. The number of nitrogens with two attached hydrogens (primary N) is 1. The molecular formula is C16H19N3. The molecule has 1 aromatic heterocycles. The molecule has 2 aromatic rings. The van der Waals surface area contributed by atoms with E-state index in [9.17, 15) is 0 Å². The summed E-state index contributed by atoms with van der Waals surface area (Å²) in [6, 6.07) is 15.3. The van der Waals surface area contributed by atoms with Crippen molar-refractivity contribution in [2.75, 3.05) is 11.4 Å². The maximum Gasteiger partial charge on any atom is 0.128 e. The normalized spacial score (nSPS) is 18.8. The fraction of sp³-hybridized carbons (Fsp3) is 0.312. The predicted molar refractivity (Wildman–Crippen MR) is 77.9 cm³/mol. The second kappa shape index (κ2) is 5.41. The van der Waals surface area contributed by atoms with Gasteiger partial charge in [0.25, 0.3) is 0 Å². The van der Waals surface area contributed by atoms with Gasteiger partial charge in [-0.15, -0.1) is 0 Å². The van der Waals surface area contributed by atoms with Gasteiger partial charge < -0.3 is 10.6 Å². The van der Waals surface area contributed by atoms with Crippen molar-refractivity contribution >= 4 is 5.82 Å². The summed E-state index contributed by atoms with van der Waals surface area (Å²) < 4.78 is 0. The van der Waals surface area contributed by atoms with Crippen molar-refractivity contribution in [2.45, 2.75) is 25.4 Å². The SMILES string of the molecule is NCc1ccc(N2CCCC2c2ccccc2)nc1. The van der Waals surface area contributed by atoms with Crippen LogP contribution in [0.4, 0.5) is 5.82 Å². The van der Waals surface area contributed by atoms with E-state index in [1.165, 1.54) is 18.4 Å². The van der Waals surface area contributed by atoms with Gasteiger partial charge in [0.05, 0.1) is 6.04 Å². The lowest BCUT2D eigenvalue weighted by atomic mass is 10.0. The number of aromatic nitrogens is 1. The molecule has 2 N–H and O–H groups in total. The van der Waals surface area contributed by atoms with Gasteiger partial charge in [-0.25, -0.2) is 4.98 Å². The monoisotopic (exact) mass is 253 g/mol. The van der Waals surface area contributed by atoms with E-state index in [0.29, 0.717) is 12.6 Å². The highest BCUT2D eigenvalue weighted by molar-refractivity contribution is 5.44. The minimum atomic E-state index is 0.456. The van der Waals surface area contributed by atoms with Crippen LogP contribution in [0.5, 0.6) is 0 Å². The summed E-state index contributed by atoms with van der Waals surface area (Å²) in [5, 5.41) is 0. The molecule has 19 heavy (non-hydrogen) atoms. The van der Waals surface area contributed by atoms with Crippen LogP contribution in [-0.4, -0.2) is 11.5 Å². The Balaban J connectivity index is 1.86. The van der Waals surface area contributed by atoms with Crippen LogP contribution in [0.25, 0.3) is 0 Å². The van der Waals surface area contributed by atoms with Gasteiger partial charge in [0.2, 0.25) is 0 Å². The van der Waals surface area contributed by atoms with Crippen LogP contribution in [0.2, 0.25) is 0 Å². The largest absolute Gasteiger partial charge is 0.350 e. The molecule has 0 bridgehead atoms. The third-order valence-corrected chi connectivity index (χ3v) is 3.78. The first-order chi connectivity index (χ1) is 9.38. The third kappa shape index (κ3) is 2.47. The Morgan fingerprint density at radius 2 is 2.00 bits per heavy atom. The summed E-state index contributed by atoms with van der Waals surface area (Å²) in [7, 11) is 0. The lowest BCUT2D eigenvalue weighted by molar-refractivity contribution is 0.711. The quantitative estimate of drug-likeness (QED) is 0.914. The Morgan fingerprint density at radius 3 is 2.68 bits per heavy atom. The van der Waals surface area contributed by atoms with E-state index in [0.717, 1.165) is 17.9 Å². The van der Waals surface area contributed by atoms with Gasteiger partial charge in [0, 0.05) is 19.3 Å². The highest BCUT2D eigenvalue weighted by Gasteiger charge is 2.26. The van der Waals surface area contributed by atoms with E-state index in [1.54, 1.807) is 0 Å². The van der Waals surface area contributed by atoms with Gasteiger partial charge in [-0.05, 0) is 30.0 Å². The van der Waals surface area contributed by atoms with E-state index in [-0.39, 0.29) is 0 Å². The zero-order chi connectivity index (χ0) is 13.1. The Kier molecular flexibility index (Phi) is 3.47. The number of pyridine rings is 1. The number of rotatable bonds is 3. The van der Waals surface area contributed by atoms with Crippen LogP contribution in [0, 0.1) is 0 Å². The van der Waals surface area contributed by atoms with Crippen molar-refractivity contribution in [1.29, 1.82) is 0 Å². The summed E-state index contributed by atoms with van der Waals surface area (Å²) in [4.78, 5) is 6.95. The van der Waals surface area contributed by atoms with Crippen LogP contribution >= 0.6 is 0 Å². The molecule has 1 atom stereocenters. The first-order valence-corrected chi connectivity index (χ1v) is 6.85. The van der Waals surface area contributed by atoms with Crippen molar-refractivity contribution in [3.8, 4) is 0 Å². The molecular weight excluding hydrogens is 234 g/mol. The fourth-order valence-electron chi connectivity index (χ4n) is 2.77. The van der Waals surface area contributed by atoms with Gasteiger partial charge in [-0.1, -0.05) is 36.4 Å². The summed E-state index contributed by atoms with van der Waals surface area (Å²) in [5.74, 6) is 1.06. The second-order valence-electron chi connectivity index (χ2n) is 4.99. The lowest BCUT2D eigenvalue weighted by Crippen LogP contribution is -2.23. The van der Waals surface area contributed by atoms with Crippen LogP contribution in [0.3, 0.4) is 0 Å². The van der Waals surface area contributed by atoms with Gasteiger partial charge >= 0.3 is 0 Å². The van der Waals surface area contributed by atoms with E-state index < -0.39 is 0 Å². The van der Waals surface area contributed by atoms with Crippen molar-refractivity contribution in [3.05, 3.63) is 59.8 Å². The Bertz CT molecular complexity index is 521. The minimum Gasteiger partial charge on any atom is -0.350 e. The summed E-state index contributed by atoms with van der Waals surface area (Å²) in [6.45, 7) is 1.63. The van der Waals surface area contributed by atoms with Crippen molar-refractivity contribution in [3.63, 3.8) is 0 Å². The molecule has 1 aliphatic rings. The van der Waals surface area contributed by atoms with Crippen molar-refractivity contribution in [2.24, 2.45) is 5.73 Å². The zero-order valence-electron chi connectivity index (χ0n) is 11.0. The number of anilines is 1. The maximum atomic E-state index is 5.62. The van der Waals surface area contributed by atoms with Crippen LogP contribution in [0.1, 0.15) is 30.0 Å². The van der Waals surface area contributed by atoms with Crippen molar-refractivity contribution in [1.82, 2.24) is 4.98 Å². The molecule has 0 aliphatic carbocycles. The fourth-order valence-corrected chi connectivity index (χ4v) is 2.77. The van der Waals surface area contributed by atoms with Gasteiger partial charge in [-0.2, -0.15) is 0 Å². The summed E-state index contributed by atoms with van der Waals surface area (Å²) in [5.41, 5.74) is 8.08. The molecule has 3 heteroatoms. The topological polar surface area (TPSA) is 42.1 Å². The van der Waals surface area contributed by atoms with Gasteiger partial charge in [0.15, 0.2) is 0 Å². The molecule has 3 nitrogen and oxygen atoms in total. The molecule has 1 aromatic carbocycles. The first-order valence-electron chi connectivity index (χ1n) is 6.85. The molecule has 3 rings (SSSR count). The smallest absolute Gasteiger partial charge is 0.128 e. The molecule has 0 spiro atoms. The molecule has 2 heterocycles. The van der Waals surface area contributed by atoms with E-state index in [1.807, 2.05) is 6.20 Å². The van der Waals surface area contributed by atoms with Crippen LogP contribution < -0.4 is 10.6 Å². The van der Waals surface area contributed by atoms with E-state index >= 15 is 0 Å². The first kappa shape index (κ1) is 12.2. The molecule has 0 radical (unpaired) electrons. The number of nitrogens with zero attached hydrogens (tertiary/aromatic N) is 2. The number of hydrogen-bond donors (Lipinski definition) is 1. The Hall–Kier alpha value is -1.87. The molecule has 1 unspecified atom stereocenters. The summed E-state index contributed by atoms with van der Waals surface area (Å²) >= 11 is 0. The molecule has 1 fully saturated rings. The van der Waals surface area contributed by atoms with Crippen LogP contribution in [-0.2, 0) is 6.54 Å². The van der Waals surface area contributed by atoms with Crippen LogP contribution in [0.15, 0.2) is 48.7 Å². The molecule has 0 saturated carbocycles. The van der Waals surface area contributed by atoms with Gasteiger partial charge in [0.1, 0.15) is 5.82 Å². The second-order valence-corrected chi connectivity index (χ2v) is 4.99. The molecule has 0 amide bonds. The molecule has 1 saturated heterocycles. The van der Waals surface area contributed by atoms with Crippen molar-refractivity contribution < 1.29 is 0 Å². The summed E-state index contributed by atoms with van der Waals surface area (Å²) in [6.07, 6.45) is 4.31. The predicted octanol–water partition coefficient (Wildman–Crippen LogP) is 2.88. The minimum absolute atomic E-state index is 0.456. The molecule has 98 valence electrons. The van der Waals surface area contributed by atoms with E-state index in [4.69, 9.17) is 5.73 Å². The maximum absolute atomic E-state index is 5.62. The van der Waals surface area contributed by atoms with Gasteiger partial charge in [-0.3, -0.25) is 0 Å². The number of benzene rings is 1. The number of hydrogen-bond acceptors (Lipinski definition) is 3. The zero-order valence-corrected chi connectivity index (χ0v) is 11.0. The lowest BCUT2D eigenvalue weighted by Gasteiger charge is -2.26. The highest BCUT2D eigenvalue weighted by Crippen LogP contribution is 2.34. The average molecular weight is 253 g/mol. The highest BCUT2D eigenvalue weighted by atomic mass is 15.2. The Labute approximate surface area is 114 Å². The third-order valence-electron chi connectivity index (χ3n) is 3.78. The van der Waals surface area contributed by atoms with E-state index in [2.05, 4.69) is 52.3 Å².